The highest BCUT2D eigenvalue weighted by Crippen LogP contribution is 2.17. The summed E-state index contributed by atoms with van der Waals surface area (Å²) in [4.78, 5) is 31.2. The number of rotatable bonds is 7. The van der Waals surface area contributed by atoms with Gasteiger partial charge in [0.05, 0.1) is 6.54 Å². The molecule has 1 aromatic rings. The molecule has 24 heavy (non-hydrogen) atoms. The maximum atomic E-state index is 11.5. The van der Waals surface area contributed by atoms with E-state index in [0.717, 1.165) is 44.1 Å². The summed E-state index contributed by atoms with van der Waals surface area (Å²) < 4.78 is 0. The normalized spacial score (nSPS) is 21.4. The van der Waals surface area contributed by atoms with Crippen LogP contribution in [0.3, 0.4) is 0 Å². The van der Waals surface area contributed by atoms with E-state index >= 15 is 0 Å². The van der Waals surface area contributed by atoms with Gasteiger partial charge in [0.2, 0.25) is 5.91 Å². The Kier molecular flexibility index (Phi) is 5.30. The number of pyridine rings is 1. The number of anilines is 1. The van der Waals surface area contributed by atoms with E-state index in [2.05, 4.69) is 20.5 Å². The predicted molar refractivity (Wildman–Crippen MR) is 91.7 cm³/mol. The molecular formula is C17H25N5O2. The van der Waals surface area contributed by atoms with Crippen LogP contribution in [-0.4, -0.2) is 66.0 Å². The van der Waals surface area contributed by atoms with Gasteiger partial charge in [0.25, 0.3) is 0 Å². The second kappa shape index (κ2) is 7.61. The highest BCUT2D eigenvalue weighted by Gasteiger charge is 2.28. The van der Waals surface area contributed by atoms with Crippen LogP contribution >= 0.6 is 0 Å². The number of hydrogen-bond acceptors (Lipinski definition) is 5. The number of likely N-dealkylation sites (tertiary alicyclic amines) is 1. The summed E-state index contributed by atoms with van der Waals surface area (Å²) in [7, 11) is 0. The lowest BCUT2D eigenvalue weighted by molar-refractivity contribution is -0.125. The largest absolute Gasteiger partial charge is 0.370 e. The molecule has 3 heterocycles. The first-order chi connectivity index (χ1) is 11.6. The number of nitrogens with zero attached hydrogens (tertiary/aromatic N) is 3. The quantitative estimate of drug-likeness (QED) is 0.731. The first-order valence-electron chi connectivity index (χ1n) is 8.60. The number of aryl methyl sites for hydroxylation is 1. The summed E-state index contributed by atoms with van der Waals surface area (Å²) >= 11 is 0. The molecule has 0 aliphatic carbocycles. The van der Waals surface area contributed by atoms with Crippen LogP contribution in [0.25, 0.3) is 0 Å². The van der Waals surface area contributed by atoms with Crippen LogP contribution in [0.15, 0.2) is 18.2 Å². The van der Waals surface area contributed by atoms with Crippen molar-refractivity contribution in [2.75, 3.05) is 44.6 Å². The van der Waals surface area contributed by atoms with Gasteiger partial charge in [-0.25, -0.2) is 9.78 Å². The molecule has 2 saturated heterocycles. The number of hydrogen-bond donors (Lipinski definition) is 2. The van der Waals surface area contributed by atoms with E-state index in [9.17, 15) is 9.59 Å². The van der Waals surface area contributed by atoms with Gasteiger partial charge in [0.1, 0.15) is 5.82 Å². The van der Waals surface area contributed by atoms with Crippen LogP contribution in [0.5, 0.6) is 0 Å². The molecule has 1 unspecified atom stereocenters. The van der Waals surface area contributed by atoms with Crippen LogP contribution in [-0.2, 0) is 4.79 Å². The maximum Gasteiger partial charge on any atom is 0.324 e. The van der Waals surface area contributed by atoms with Gasteiger partial charge in [-0.3, -0.25) is 9.69 Å². The lowest BCUT2D eigenvalue weighted by Gasteiger charge is -2.18. The summed E-state index contributed by atoms with van der Waals surface area (Å²) in [5.41, 5.74) is 1.02. The Labute approximate surface area is 142 Å². The highest BCUT2D eigenvalue weighted by molar-refractivity contribution is 6.01. The van der Waals surface area contributed by atoms with Crippen molar-refractivity contribution in [1.29, 1.82) is 0 Å². The molecule has 1 aromatic heterocycles. The Morgan fingerprint density at radius 2 is 2.21 bits per heavy atom. The van der Waals surface area contributed by atoms with Crippen molar-refractivity contribution in [1.82, 2.24) is 20.1 Å². The van der Waals surface area contributed by atoms with Crippen molar-refractivity contribution in [3.05, 3.63) is 23.9 Å². The summed E-state index contributed by atoms with van der Waals surface area (Å²) in [6.07, 6.45) is 2.00. The molecule has 7 heteroatoms. The molecule has 3 amide bonds. The minimum atomic E-state index is -0.255. The molecule has 0 spiro atoms. The number of carbonyl (C=O) groups is 2. The monoisotopic (exact) mass is 331 g/mol. The number of carbonyl (C=O) groups excluding carboxylic acids is 2. The lowest BCUT2D eigenvalue weighted by atomic mass is 10.1. The Morgan fingerprint density at radius 1 is 1.33 bits per heavy atom. The number of nitrogens with one attached hydrogen (secondary N) is 2. The van der Waals surface area contributed by atoms with Gasteiger partial charge in [-0.05, 0) is 50.9 Å². The van der Waals surface area contributed by atoms with Crippen molar-refractivity contribution in [3.8, 4) is 0 Å². The Hall–Kier alpha value is -2.15. The summed E-state index contributed by atoms with van der Waals surface area (Å²) in [5.74, 6) is 1.44. The molecule has 0 saturated carbocycles. The van der Waals surface area contributed by atoms with Crippen molar-refractivity contribution >= 4 is 17.8 Å². The zero-order valence-electron chi connectivity index (χ0n) is 14.1. The average molecular weight is 331 g/mol. The Bertz CT molecular complexity index is 590. The van der Waals surface area contributed by atoms with Crippen LogP contribution in [0, 0.1) is 12.8 Å². The number of imide groups is 1. The predicted octanol–water partition coefficient (Wildman–Crippen LogP) is 1.07. The molecule has 3 rings (SSSR count). The van der Waals surface area contributed by atoms with Crippen molar-refractivity contribution in [2.24, 2.45) is 5.92 Å². The number of aromatic nitrogens is 1. The van der Waals surface area contributed by atoms with E-state index in [1.165, 1.54) is 11.3 Å². The van der Waals surface area contributed by atoms with Crippen LogP contribution in [0.2, 0.25) is 0 Å². The van der Waals surface area contributed by atoms with Crippen LogP contribution in [0.1, 0.15) is 18.5 Å². The molecule has 0 aromatic carbocycles. The molecule has 2 aliphatic rings. The third-order valence-corrected chi connectivity index (χ3v) is 4.62. The first kappa shape index (κ1) is 16.7. The van der Waals surface area contributed by atoms with Gasteiger partial charge >= 0.3 is 6.03 Å². The molecule has 2 fully saturated rings. The van der Waals surface area contributed by atoms with E-state index < -0.39 is 0 Å². The standard InChI is InChI=1S/C17H25N5O2/c1-13-4-2-5-15(20-13)18-10-14-6-9-21(12-14)7-3-8-22-16(23)11-19-17(22)24/h2,4-5,14H,3,6-12H2,1H3,(H,18,20)(H,19,24). The Morgan fingerprint density at radius 3 is 2.96 bits per heavy atom. The molecule has 130 valence electrons. The third kappa shape index (κ3) is 4.23. The fraction of sp³-hybridized carbons (Fsp3) is 0.588. The van der Waals surface area contributed by atoms with E-state index in [4.69, 9.17) is 0 Å². The smallest absolute Gasteiger partial charge is 0.324 e. The fourth-order valence-corrected chi connectivity index (χ4v) is 3.31. The van der Waals surface area contributed by atoms with Crippen LogP contribution < -0.4 is 10.6 Å². The first-order valence-corrected chi connectivity index (χ1v) is 8.60. The second-order valence-electron chi connectivity index (χ2n) is 6.56. The van der Waals surface area contributed by atoms with E-state index in [1.807, 2.05) is 25.1 Å². The molecule has 1 atom stereocenters. The molecule has 2 N–H and O–H groups in total. The average Bonchev–Trinajstić information content (AvgIpc) is 3.14. The summed E-state index contributed by atoms with van der Waals surface area (Å²) in [6, 6.07) is 5.75. The highest BCUT2D eigenvalue weighted by atomic mass is 16.2. The van der Waals surface area contributed by atoms with Gasteiger partial charge in [0, 0.05) is 25.3 Å². The molecular weight excluding hydrogens is 306 g/mol. The SMILES string of the molecule is Cc1cccc(NCC2CCN(CCCN3C(=O)CNC3=O)C2)n1. The minimum absolute atomic E-state index is 0.117. The van der Waals surface area contributed by atoms with Gasteiger partial charge in [-0.2, -0.15) is 0 Å². The number of urea groups is 1. The van der Waals surface area contributed by atoms with Crippen molar-refractivity contribution < 1.29 is 9.59 Å². The molecule has 0 radical (unpaired) electrons. The van der Waals surface area contributed by atoms with Crippen LogP contribution in [0.4, 0.5) is 10.6 Å². The summed E-state index contributed by atoms with van der Waals surface area (Å²) in [5, 5.41) is 5.97. The molecule has 0 bridgehead atoms. The topological polar surface area (TPSA) is 77.6 Å². The van der Waals surface area contributed by atoms with Gasteiger partial charge < -0.3 is 15.5 Å². The van der Waals surface area contributed by atoms with Gasteiger partial charge in [0.15, 0.2) is 0 Å². The number of amides is 3. The van der Waals surface area contributed by atoms with Crippen molar-refractivity contribution in [3.63, 3.8) is 0 Å². The van der Waals surface area contributed by atoms with Crippen molar-refractivity contribution in [2.45, 2.75) is 19.8 Å². The van der Waals surface area contributed by atoms with E-state index in [0.29, 0.717) is 12.5 Å². The molecule has 7 nitrogen and oxygen atoms in total. The van der Waals surface area contributed by atoms with E-state index in [1.54, 1.807) is 0 Å². The lowest BCUT2D eigenvalue weighted by Crippen LogP contribution is -2.34. The Balaban J connectivity index is 1.35. The minimum Gasteiger partial charge on any atom is -0.370 e. The van der Waals surface area contributed by atoms with Gasteiger partial charge in [-0.15, -0.1) is 0 Å². The second-order valence-corrected chi connectivity index (χ2v) is 6.56. The molecule has 2 aliphatic heterocycles. The van der Waals surface area contributed by atoms with E-state index in [-0.39, 0.29) is 18.5 Å². The van der Waals surface area contributed by atoms with Gasteiger partial charge in [-0.1, -0.05) is 6.07 Å². The summed E-state index contributed by atoms with van der Waals surface area (Å²) in [6.45, 7) is 6.64. The zero-order valence-corrected chi connectivity index (χ0v) is 14.1. The zero-order chi connectivity index (χ0) is 16.9. The maximum absolute atomic E-state index is 11.5. The third-order valence-electron chi connectivity index (χ3n) is 4.62. The fourth-order valence-electron chi connectivity index (χ4n) is 3.31.